The van der Waals surface area contributed by atoms with Crippen LogP contribution >= 0.6 is 11.3 Å². The van der Waals surface area contributed by atoms with Crippen molar-refractivity contribution >= 4 is 21.6 Å². The highest BCUT2D eigenvalue weighted by Gasteiger charge is 2.17. The number of thiophene rings is 1. The van der Waals surface area contributed by atoms with Crippen LogP contribution in [0.1, 0.15) is 25.5 Å². The number of aromatic nitrogens is 2. The largest absolute Gasteiger partial charge is 0.317 e. The van der Waals surface area contributed by atoms with E-state index in [0.29, 0.717) is 12.0 Å². The van der Waals surface area contributed by atoms with Crippen LogP contribution in [0.4, 0.5) is 0 Å². The molecule has 4 heteroatoms. The Morgan fingerprint density at radius 1 is 1.33 bits per heavy atom. The topological polar surface area (TPSA) is 37.8 Å². The molecule has 0 bridgehead atoms. The van der Waals surface area contributed by atoms with E-state index in [2.05, 4.69) is 40.6 Å². The standard InChI is InChI=1S/C11H15N3S/c1-7(8(2)12-3)10-9-4-5-15-11(9)14-6-13-10/h4-8,12H,1-3H3. The Bertz CT molecular complexity index is 452. The fourth-order valence-corrected chi connectivity index (χ4v) is 2.40. The Morgan fingerprint density at radius 2 is 2.13 bits per heavy atom. The van der Waals surface area contributed by atoms with Gasteiger partial charge in [0.05, 0.1) is 5.69 Å². The Labute approximate surface area is 93.6 Å². The zero-order chi connectivity index (χ0) is 10.8. The molecule has 0 aliphatic heterocycles. The minimum absolute atomic E-state index is 0.398. The van der Waals surface area contributed by atoms with Crippen molar-refractivity contribution in [3.8, 4) is 0 Å². The molecule has 2 atom stereocenters. The van der Waals surface area contributed by atoms with Gasteiger partial charge in [0, 0.05) is 17.3 Å². The molecule has 15 heavy (non-hydrogen) atoms. The Morgan fingerprint density at radius 3 is 2.87 bits per heavy atom. The third kappa shape index (κ3) is 1.87. The molecule has 0 radical (unpaired) electrons. The monoisotopic (exact) mass is 221 g/mol. The highest BCUT2D eigenvalue weighted by molar-refractivity contribution is 7.16. The normalized spacial score (nSPS) is 15.4. The number of nitrogens with one attached hydrogen (secondary N) is 1. The van der Waals surface area contributed by atoms with Gasteiger partial charge in [0.1, 0.15) is 11.2 Å². The molecule has 0 saturated carbocycles. The first-order chi connectivity index (χ1) is 7.24. The average molecular weight is 221 g/mol. The molecule has 2 rings (SSSR count). The summed E-state index contributed by atoms with van der Waals surface area (Å²) in [5, 5.41) is 6.52. The highest BCUT2D eigenvalue weighted by atomic mass is 32.1. The molecule has 0 amide bonds. The highest BCUT2D eigenvalue weighted by Crippen LogP contribution is 2.27. The van der Waals surface area contributed by atoms with E-state index in [9.17, 15) is 0 Å². The minimum atomic E-state index is 0.398. The summed E-state index contributed by atoms with van der Waals surface area (Å²) >= 11 is 1.67. The van der Waals surface area contributed by atoms with Crippen molar-refractivity contribution in [2.24, 2.45) is 0 Å². The van der Waals surface area contributed by atoms with Gasteiger partial charge in [0.25, 0.3) is 0 Å². The van der Waals surface area contributed by atoms with Crippen molar-refractivity contribution in [3.63, 3.8) is 0 Å². The van der Waals surface area contributed by atoms with E-state index < -0.39 is 0 Å². The van der Waals surface area contributed by atoms with Gasteiger partial charge >= 0.3 is 0 Å². The van der Waals surface area contributed by atoms with E-state index in [0.717, 1.165) is 10.5 Å². The van der Waals surface area contributed by atoms with Gasteiger partial charge in [0.2, 0.25) is 0 Å². The molecular weight excluding hydrogens is 206 g/mol. The summed E-state index contributed by atoms with van der Waals surface area (Å²) in [6, 6.07) is 2.52. The number of hydrogen-bond donors (Lipinski definition) is 1. The van der Waals surface area contributed by atoms with Crippen LogP contribution < -0.4 is 5.32 Å². The molecule has 3 nitrogen and oxygen atoms in total. The third-order valence-electron chi connectivity index (χ3n) is 2.93. The molecule has 0 aliphatic rings. The van der Waals surface area contributed by atoms with Crippen molar-refractivity contribution in [3.05, 3.63) is 23.5 Å². The van der Waals surface area contributed by atoms with Gasteiger partial charge in [-0.05, 0) is 25.4 Å². The second kappa shape index (κ2) is 4.24. The Hall–Kier alpha value is -1.00. The lowest BCUT2D eigenvalue weighted by Crippen LogP contribution is -2.27. The molecular formula is C11H15N3S. The minimum Gasteiger partial charge on any atom is -0.317 e. The zero-order valence-corrected chi connectivity index (χ0v) is 10.0. The van der Waals surface area contributed by atoms with Gasteiger partial charge < -0.3 is 5.32 Å². The van der Waals surface area contributed by atoms with Gasteiger partial charge in [-0.2, -0.15) is 0 Å². The van der Waals surface area contributed by atoms with Crippen LogP contribution in [-0.4, -0.2) is 23.1 Å². The quantitative estimate of drug-likeness (QED) is 0.865. The molecule has 80 valence electrons. The van der Waals surface area contributed by atoms with Crippen molar-refractivity contribution < 1.29 is 0 Å². The number of rotatable bonds is 3. The maximum Gasteiger partial charge on any atom is 0.126 e. The van der Waals surface area contributed by atoms with Crippen LogP contribution in [0.2, 0.25) is 0 Å². The van der Waals surface area contributed by atoms with Crippen LogP contribution in [0.15, 0.2) is 17.8 Å². The first-order valence-electron chi connectivity index (χ1n) is 5.09. The summed E-state index contributed by atoms with van der Waals surface area (Å²) in [4.78, 5) is 9.74. The first kappa shape index (κ1) is 10.5. The number of nitrogens with zero attached hydrogens (tertiary/aromatic N) is 2. The molecule has 2 heterocycles. The van der Waals surface area contributed by atoms with E-state index in [1.807, 2.05) is 7.05 Å². The zero-order valence-electron chi connectivity index (χ0n) is 9.19. The lowest BCUT2D eigenvalue weighted by Gasteiger charge is -2.19. The first-order valence-corrected chi connectivity index (χ1v) is 5.97. The fraction of sp³-hybridized carbons (Fsp3) is 0.455. The Balaban J connectivity index is 2.46. The van der Waals surface area contributed by atoms with Gasteiger partial charge in [-0.3, -0.25) is 0 Å². The number of likely N-dealkylation sites (N-methyl/N-ethyl adjacent to an activating group) is 1. The Kier molecular flexibility index (Phi) is 2.98. The smallest absolute Gasteiger partial charge is 0.126 e. The average Bonchev–Trinajstić information content (AvgIpc) is 2.74. The van der Waals surface area contributed by atoms with Crippen LogP contribution in [0.3, 0.4) is 0 Å². The summed E-state index contributed by atoms with van der Waals surface area (Å²) in [7, 11) is 1.98. The second-order valence-electron chi connectivity index (χ2n) is 3.76. The van der Waals surface area contributed by atoms with Crippen molar-refractivity contribution in [2.45, 2.75) is 25.8 Å². The van der Waals surface area contributed by atoms with Gasteiger partial charge in [-0.1, -0.05) is 6.92 Å². The summed E-state index contributed by atoms with van der Waals surface area (Å²) < 4.78 is 0. The molecule has 0 spiro atoms. The van der Waals surface area contributed by atoms with Crippen molar-refractivity contribution in [2.75, 3.05) is 7.05 Å². The van der Waals surface area contributed by atoms with E-state index in [-0.39, 0.29) is 0 Å². The van der Waals surface area contributed by atoms with Crippen LogP contribution in [0.5, 0.6) is 0 Å². The van der Waals surface area contributed by atoms with E-state index in [1.54, 1.807) is 17.7 Å². The molecule has 0 fully saturated rings. The van der Waals surface area contributed by atoms with Gasteiger partial charge in [-0.25, -0.2) is 9.97 Å². The van der Waals surface area contributed by atoms with E-state index >= 15 is 0 Å². The van der Waals surface area contributed by atoms with Crippen LogP contribution in [0.25, 0.3) is 10.2 Å². The summed E-state index contributed by atoms with van der Waals surface area (Å²) in [6.07, 6.45) is 1.66. The maximum absolute atomic E-state index is 4.40. The van der Waals surface area contributed by atoms with Crippen molar-refractivity contribution in [1.82, 2.24) is 15.3 Å². The molecule has 0 aliphatic carbocycles. The van der Waals surface area contributed by atoms with Gasteiger partial charge in [0.15, 0.2) is 0 Å². The molecule has 2 unspecified atom stereocenters. The van der Waals surface area contributed by atoms with E-state index in [4.69, 9.17) is 0 Å². The number of fused-ring (bicyclic) bond motifs is 1. The van der Waals surface area contributed by atoms with Gasteiger partial charge in [-0.15, -0.1) is 11.3 Å². The molecule has 0 aromatic carbocycles. The lowest BCUT2D eigenvalue weighted by atomic mass is 9.98. The second-order valence-corrected chi connectivity index (χ2v) is 4.66. The summed E-state index contributed by atoms with van der Waals surface area (Å²) in [5.74, 6) is 0.398. The predicted molar refractivity (Wildman–Crippen MR) is 64.4 cm³/mol. The molecule has 1 N–H and O–H groups in total. The lowest BCUT2D eigenvalue weighted by molar-refractivity contribution is 0.517. The predicted octanol–water partition coefficient (Wildman–Crippen LogP) is 2.40. The summed E-state index contributed by atoms with van der Waals surface area (Å²) in [5.41, 5.74) is 1.14. The number of hydrogen-bond acceptors (Lipinski definition) is 4. The molecule has 2 aromatic rings. The van der Waals surface area contributed by atoms with Crippen LogP contribution in [-0.2, 0) is 0 Å². The molecule has 0 saturated heterocycles. The SMILES string of the molecule is CNC(C)C(C)c1ncnc2sccc12. The van der Waals surface area contributed by atoms with Crippen LogP contribution in [0, 0.1) is 0 Å². The van der Waals surface area contributed by atoms with E-state index in [1.165, 1.54) is 5.39 Å². The van der Waals surface area contributed by atoms with Crippen molar-refractivity contribution in [1.29, 1.82) is 0 Å². The fourth-order valence-electron chi connectivity index (χ4n) is 1.66. The maximum atomic E-state index is 4.40. The summed E-state index contributed by atoms with van der Waals surface area (Å²) in [6.45, 7) is 4.37. The molecule has 2 aromatic heterocycles. The third-order valence-corrected chi connectivity index (χ3v) is 3.75.